The Morgan fingerprint density at radius 2 is 1.76 bits per heavy atom. The number of aliphatic hydroxyl groups is 2. The molecule has 0 aromatic heterocycles. The molecule has 0 aromatic rings. The zero-order valence-electron chi connectivity index (χ0n) is 19.9. The van der Waals surface area contributed by atoms with Crippen LogP contribution in [0.3, 0.4) is 0 Å². The molecule has 0 spiro atoms. The highest BCUT2D eigenvalue weighted by molar-refractivity contribution is 5.27. The van der Waals surface area contributed by atoms with E-state index in [1.54, 1.807) is 5.57 Å². The molecule has 0 saturated heterocycles. The van der Waals surface area contributed by atoms with Crippen LogP contribution < -0.4 is 0 Å². The van der Waals surface area contributed by atoms with Gasteiger partial charge in [0, 0.05) is 0 Å². The SMILES string of the molecule is CC[C@]1(O)CC[C@@]2(C)C(=CC[C@H]3[C@@H]4CC[C@H](C(C)C(O)C(C)C)[C@@]4(C)CC[C@@H]32)C1. The molecular formula is C27H46O2. The normalized spacial score (nSPS) is 49.1. The molecule has 4 aliphatic carbocycles. The summed E-state index contributed by atoms with van der Waals surface area (Å²) in [6.45, 7) is 13.9. The summed E-state index contributed by atoms with van der Waals surface area (Å²) in [6, 6.07) is 0. The van der Waals surface area contributed by atoms with Crippen molar-refractivity contribution in [3.05, 3.63) is 11.6 Å². The number of fused-ring (bicyclic) bond motifs is 5. The fourth-order valence-electron chi connectivity index (χ4n) is 8.76. The summed E-state index contributed by atoms with van der Waals surface area (Å²) >= 11 is 0. The van der Waals surface area contributed by atoms with Gasteiger partial charge in [-0.3, -0.25) is 0 Å². The van der Waals surface area contributed by atoms with E-state index in [-0.39, 0.29) is 6.10 Å². The Balaban J connectivity index is 1.58. The summed E-state index contributed by atoms with van der Waals surface area (Å²) in [7, 11) is 0. The van der Waals surface area contributed by atoms with E-state index in [9.17, 15) is 10.2 Å². The Morgan fingerprint density at radius 3 is 2.41 bits per heavy atom. The Bertz CT molecular complexity index is 653. The van der Waals surface area contributed by atoms with E-state index in [2.05, 4.69) is 47.6 Å². The van der Waals surface area contributed by atoms with Crippen LogP contribution in [-0.2, 0) is 0 Å². The molecule has 9 atom stereocenters. The van der Waals surface area contributed by atoms with E-state index in [0.29, 0.717) is 28.6 Å². The van der Waals surface area contributed by atoms with Crippen LogP contribution in [0.2, 0.25) is 0 Å². The fourth-order valence-corrected chi connectivity index (χ4v) is 8.76. The topological polar surface area (TPSA) is 40.5 Å². The molecular weight excluding hydrogens is 356 g/mol. The van der Waals surface area contributed by atoms with Gasteiger partial charge in [-0.25, -0.2) is 0 Å². The van der Waals surface area contributed by atoms with E-state index in [1.807, 2.05) is 0 Å². The smallest absolute Gasteiger partial charge is 0.0682 e. The third-order valence-electron chi connectivity index (χ3n) is 10.8. The molecule has 3 saturated carbocycles. The lowest BCUT2D eigenvalue weighted by atomic mass is 9.46. The third kappa shape index (κ3) is 3.27. The molecule has 0 aromatic carbocycles. The van der Waals surface area contributed by atoms with E-state index < -0.39 is 5.60 Å². The van der Waals surface area contributed by atoms with Crippen LogP contribution in [0.15, 0.2) is 11.6 Å². The zero-order valence-corrected chi connectivity index (χ0v) is 19.9. The number of allylic oxidation sites excluding steroid dienone is 1. The van der Waals surface area contributed by atoms with E-state index in [4.69, 9.17) is 0 Å². The zero-order chi connectivity index (χ0) is 21.2. The minimum atomic E-state index is -0.456. The van der Waals surface area contributed by atoms with Crippen molar-refractivity contribution in [1.29, 1.82) is 0 Å². The second-order valence-corrected chi connectivity index (χ2v) is 12.3. The summed E-state index contributed by atoms with van der Waals surface area (Å²) in [5.74, 6) is 3.84. The Hall–Kier alpha value is -0.340. The fraction of sp³-hybridized carbons (Fsp3) is 0.926. The van der Waals surface area contributed by atoms with E-state index in [0.717, 1.165) is 37.0 Å². The lowest BCUT2D eigenvalue weighted by Gasteiger charge is -2.59. The molecule has 0 heterocycles. The molecule has 2 N–H and O–H groups in total. The molecule has 29 heavy (non-hydrogen) atoms. The largest absolute Gasteiger partial charge is 0.393 e. The first-order valence-electron chi connectivity index (χ1n) is 12.7. The maximum absolute atomic E-state index is 10.9. The van der Waals surface area contributed by atoms with Crippen molar-refractivity contribution in [1.82, 2.24) is 0 Å². The summed E-state index contributed by atoms with van der Waals surface area (Å²) in [4.78, 5) is 0. The van der Waals surface area contributed by atoms with Gasteiger partial charge in [0.1, 0.15) is 0 Å². The highest BCUT2D eigenvalue weighted by atomic mass is 16.3. The van der Waals surface area contributed by atoms with Crippen LogP contribution in [0, 0.1) is 46.3 Å². The predicted octanol–water partition coefficient (Wildman–Crippen LogP) is 6.36. The van der Waals surface area contributed by atoms with Gasteiger partial charge in [0.2, 0.25) is 0 Å². The van der Waals surface area contributed by atoms with Crippen molar-refractivity contribution in [2.75, 3.05) is 0 Å². The molecule has 0 bridgehead atoms. The molecule has 4 rings (SSSR count). The summed E-state index contributed by atoms with van der Waals surface area (Å²) < 4.78 is 0. The summed E-state index contributed by atoms with van der Waals surface area (Å²) in [5.41, 5.74) is 1.84. The number of rotatable bonds is 4. The Morgan fingerprint density at radius 1 is 1.03 bits per heavy atom. The second-order valence-electron chi connectivity index (χ2n) is 12.3. The van der Waals surface area contributed by atoms with Crippen molar-refractivity contribution in [3.63, 3.8) is 0 Å². The standard InChI is InChI=1S/C27H46O2/c1-7-27(29)15-14-25(5)19(16-27)8-9-20-22-11-10-21(18(4)24(28)17(2)3)26(22,6)13-12-23(20)25/h8,17-18,20-24,28-29H,7,9-16H2,1-6H3/t18?,20-,21+,22-,23-,24?,25-,26+,27-/m0/s1. The maximum Gasteiger partial charge on any atom is 0.0682 e. The van der Waals surface area contributed by atoms with Crippen LogP contribution in [0.1, 0.15) is 99.3 Å². The lowest BCUT2D eigenvalue weighted by Crippen LogP contribution is -2.52. The number of hydrogen-bond acceptors (Lipinski definition) is 2. The van der Waals surface area contributed by atoms with Crippen LogP contribution in [-0.4, -0.2) is 21.9 Å². The van der Waals surface area contributed by atoms with Crippen LogP contribution >= 0.6 is 0 Å². The van der Waals surface area contributed by atoms with Gasteiger partial charge >= 0.3 is 0 Å². The average molecular weight is 403 g/mol. The van der Waals surface area contributed by atoms with Crippen LogP contribution in [0.25, 0.3) is 0 Å². The first kappa shape index (κ1) is 21.9. The molecule has 0 radical (unpaired) electrons. The lowest BCUT2D eigenvalue weighted by molar-refractivity contribution is -0.0838. The van der Waals surface area contributed by atoms with Crippen molar-refractivity contribution in [2.45, 2.75) is 111 Å². The summed E-state index contributed by atoms with van der Waals surface area (Å²) in [5, 5.41) is 21.8. The van der Waals surface area contributed by atoms with Crippen molar-refractivity contribution >= 4 is 0 Å². The second kappa shape index (κ2) is 7.37. The van der Waals surface area contributed by atoms with Crippen LogP contribution in [0.5, 0.6) is 0 Å². The number of hydrogen-bond donors (Lipinski definition) is 2. The quantitative estimate of drug-likeness (QED) is 0.537. The molecule has 0 aliphatic heterocycles. The first-order valence-corrected chi connectivity index (χ1v) is 12.7. The van der Waals surface area contributed by atoms with Gasteiger partial charge in [0.05, 0.1) is 11.7 Å². The maximum atomic E-state index is 10.9. The Labute approximate surface area is 179 Å². The van der Waals surface area contributed by atoms with Gasteiger partial charge < -0.3 is 10.2 Å². The minimum absolute atomic E-state index is 0.172. The van der Waals surface area contributed by atoms with Gasteiger partial charge in [-0.1, -0.05) is 53.2 Å². The van der Waals surface area contributed by atoms with Crippen molar-refractivity contribution in [3.8, 4) is 0 Å². The average Bonchev–Trinajstić information content (AvgIpc) is 3.04. The highest BCUT2D eigenvalue weighted by Gasteiger charge is 2.60. The molecule has 2 nitrogen and oxygen atoms in total. The van der Waals surface area contributed by atoms with Gasteiger partial charge in [-0.2, -0.15) is 0 Å². The van der Waals surface area contributed by atoms with E-state index >= 15 is 0 Å². The molecule has 3 fully saturated rings. The molecule has 166 valence electrons. The Kier molecular flexibility index (Phi) is 5.56. The molecule has 4 aliphatic rings. The molecule has 2 unspecified atom stereocenters. The van der Waals surface area contributed by atoms with Gasteiger partial charge in [0.15, 0.2) is 0 Å². The molecule has 0 amide bonds. The minimum Gasteiger partial charge on any atom is -0.393 e. The van der Waals surface area contributed by atoms with Gasteiger partial charge in [0.25, 0.3) is 0 Å². The van der Waals surface area contributed by atoms with Crippen LogP contribution in [0.4, 0.5) is 0 Å². The van der Waals surface area contributed by atoms with Gasteiger partial charge in [-0.05, 0) is 104 Å². The predicted molar refractivity (Wildman–Crippen MR) is 120 cm³/mol. The summed E-state index contributed by atoms with van der Waals surface area (Å²) in [6.07, 6.45) is 12.9. The molecule has 2 heteroatoms. The van der Waals surface area contributed by atoms with Crippen molar-refractivity contribution in [2.24, 2.45) is 46.3 Å². The number of aliphatic hydroxyl groups excluding tert-OH is 1. The monoisotopic (exact) mass is 402 g/mol. The first-order chi connectivity index (χ1) is 13.6. The highest BCUT2D eigenvalue weighted by Crippen LogP contribution is 2.67. The third-order valence-corrected chi connectivity index (χ3v) is 10.8. The van der Waals surface area contributed by atoms with E-state index in [1.165, 1.54) is 38.5 Å². The van der Waals surface area contributed by atoms with Gasteiger partial charge in [-0.15, -0.1) is 0 Å². The van der Waals surface area contributed by atoms with Crippen molar-refractivity contribution < 1.29 is 10.2 Å².